The Morgan fingerprint density at radius 1 is 1.35 bits per heavy atom. The van der Waals surface area contributed by atoms with E-state index in [-0.39, 0.29) is 6.04 Å². The zero-order valence-corrected chi connectivity index (χ0v) is 11.0. The van der Waals surface area contributed by atoms with Gasteiger partial charge in [-0.1, -0.05) is 23.8 Å². The Morgan fingerprint density at radius 3 is 2.71 bits per heavy atom. The normalized spacial score (nSPS) is 11.8. The summed E-state index contributed by atoms with van der Waals surface area (Å²) in [5.41, 5.74) is 9.71. The smallest absolute Gasteiger partial charge is 0.0447 e. The molecule has 1 unspecified atom stereocenters. The molecule has 1 aromatic rings. The third-order valence-electron chi connectivity index (χ3n) is 2.85. The van der Waals surface area contributed by atoms with E-state index in [1.807, 2.05) is 6.92 Å². The van der Waals surface area contributed by atoms with Crippen molar-refractivity contribution in [2.24, 2.45) is 5.73 Å². The van der Waals surface area contributed by atoms with Crippen LogP contribution in [0.15, 0.2) is 18.2 Å². The van der Waals surface area contributed by atoms with Gasteiger partial charge in [0.2, 0.25) is 0 Å². The lowest BCUT2D eigenvalue weighted by atomic mass is 9.99. The van der Waals surface area contributed by atoms with Gasteiger partial charge in [-0.15, -0.1) is 11.8 Å². The maximum atomic E-state index is 5.83. The van der Waals surface area contributed by atoms with E-state index in [2.05, 4.69) is 49.2 Å². The minimum atomic E-state index is 0.231. The molecule has 0 saturated heterocycles. The quantitative estimate of drug-likeness (QED) is 0.602. The summed E-state index contributed by atoms with van der Waals surface area (Å²) in [7, 11) is 0. The number of aryl methyl sites for hydroxylation is 2. The molecular formula is C15H22N2. The van der Waals surface area contributed by atoms with Gasteiger partial charge in [-0.25, -0.2) is 0 Å². The predicted molar refractivity (Wildman–Crippen MR) is 73.8 cm³/mol. The maximum Gasteiger partial charge on any atom is 0.0447 e. The van der Waals surface area contributed by atoms with E-state index < -0.39 is 0 Å². The molecule has 0 aromatic heterocycles. The highest BCUT2D eigenvalue weighted by molar-refractivity contribution is 5.33. The third-order valence-corrected chi connectivity index (χ3v) is 2.85. The van der Waals surface area contributed by atoms with Gasteiger partial charge >= 0.3 is 0 Å². The number of nitrogens with one attached hydrogen (secondary N) is 1. The minimum Gasteiger partial charge on any atom is -0.329 e. The highest BCUT2D eigenvalue weighted by Gasteiger charge is 2.10. The third kappa shape index (κ3) is 4.22. The Balaban J connectivity index is 2.68. The highest BCUT2D eigenvalue weighted by atomic mass is 14.9. The van der Waals surface area contributed by atoms with E-state index in [9.17, 15) is 0 Å². The first kappa shape index (κ1) is 13.8. The molecule has 17 heavy (non-hydrogen) atoms. The Bertz CT molecular complexity index is 413. The van der Waals surface area contributed by atoms with Gasteiger partial charge in [0, 0.05) is 25.6 Å². The van der Waals surface area contributed by atoms with E-state index in [1.54, 1.807) is 0 Å². The van der Waals surface area contributed by atoms with Crippen LogP contribution in [-0.2, 0) is 0 Å². The predicted octanol–water partition coefficient (Wildman–Crippen LogP) is 2.31. The van der Waals surface area contributed by atoms with E-state index in [4.69, 9.17) is 5.73 Å². The van der Waals surface area contributed by atoms with Crippen LogP contribution < -0.4 is 11.1 Å². The molecule has 0 bridgehead atoms. The first-order valence-electron chi connectivity index (χ1n) is 6.09. The number of nitrogens with two attached hydrogens (primary N) is 1. The van der Waals surface area contributed by atoms with Crippen LogP contribution in [0.5, 0.6) is 0 Å². The standard InChI is InChI=1S/C15H22N2/c1-4-5-6-9-17-15(11-16)14-8-7-12(2)10-13(14)3/h7-8,10,15,17H,6,9,11,16H2,1-3H3. The van der Waals surface area contributed by atoms with Gasteiger partial charge in [0.05, 0.1) is 0 Å². The van der Waals surface area contributed by atoms with Gasteiger partial charge in [-0.2, -0.15) is 0 Å². The summed E-state index contributed by atoms with van der Waals surface area (Å²) in [4.78, 5) is 0. The number of hydrogen-bond acceptors (Lipinski definition) is 2. The second-order valence-electron chi connectivity index (χ2n) is 4.28. The lowest BCUT2D eigenvalue weighted by Crippen LogP contribution is -2.29. The van der Waals surface area contributed by atoms with E-state index >= 15 is 0 Å². The summed E-state index contributed by atoms with van der Waals surface area (Å²) in [5, 5.41) is 3.45. The molecule has 3 N–H and O–H groups in total. The molecule has 1 rings (SSSR count). The lowest BCUT2D eigenvalue weighted by Gasteiger charge is -2.19. The topological polar surface area (TPSA) is 38.0 Å². The fourth-order valence-electron chi connectivity index (χ4n) is 1.97. The monoisotopic (exact) mass is 230 g/mol. The molecular weight excluding hydrogens is 208 g/mol. The lowest BCUT2D eigenvalue weighted by molar-refractivity contribution is 0.548. The molecule has 0 spiro atoms. The summed E-state index contributed by atoms with van der Waals surface area (Å²) in [6.45, 7) is 7.61. The summed E-state index contributed by atoms with van der Waals surface area (Å²) in [6, 6.07) is 6.74. The van der Waals surface area contributed by atoms with Crippen molar-refractivity contribution < 1.29 is 0 Å². The molecule has 0 heterocycles. The number of rotatable bonds is 5. The molecule has 0 amide bonds. The Hall–Kier alpha value is -1.30. The van der Waals surface area contributed by atoms with Crippen LogP contribution in [0.3, 0.4) is 0 Å². The molecule has 1 aromatic carbocycles. The van der Waals surface area contributed by atoms with Crippen molar-refractivity contribution >= 4 is 0 Å². The average molecular weight is 230 g/mol. The summed E-state index contributed by atoms with van der Waals surface area (Å²) in [6.07, 6.45) is 0.873. The SMILES string of the molecule is CC#CCCNC(CN)c1ccc(C)cc1C. The summed E-state index contributed by atoms with van der Waals surface area (Å²) >= 11 is 0. The zero-order chi connectivity index (χ0) is 12.7. The van der Waals surface area contributed by atoms with Crippen molar-refractivity contribution in [3.05, 3.63) is 34.9 Å². The number of benzene rings is 1. The largest absolute Gasteiger partial charge is 0.329 e. The molecule has 0 saturated carbocycles. The maximum absolute atomic E-state index is 5.83. The highest BCUT2D eigenvalue weighted by Crippen LogP contribution is 2.18. The Morgan fingerprint density at radius 2 is 2.12 bits per heavy atom. The first-order valence-corrected chi connectivity index (χ1v) is 6.09. The van der Waals surface area contributed by atoms with Crippen molar-refractivity contribution in [1.29, 1.82) is 0 Å². The van der Waals surface area contributed by atoms with Crippen LogP contribution in [0.1, 0.15) is 36.1 Å². The van der Waals surface area contributed by atoms with Crippen molar-refractivity contribution in [3.8, 4) is 11.8 Å². The van der Waals surface area contributed by atoms with E-state index in [0.717, 1.165) is 13.0 Å². The van der Waals surface area contributed by atoms with Crippen molar-refractivity contribution in [2.45, 2.75) is 33.2 Å². The van der Waals surface area contributed by atoms with Gasteiger partial charge in [0.1, 0.15) is 0 Å². The average Bonchev–Trinajstić information content (AvgIpc) is 2.31. The van der Waals surface area contributed by atoms with Gasteiger partial charge in [-0.05, 0) is 31.9 Å². The van der Waals surface area contributed by atoms with Crippen LogP contribution in [0.4, 0.5) is 0 Å². The summed E-state index contributed by atoms with van der Waals surface area (Å²) in [5.74, 6) is 5.95. The zero-order valence-electron chi connectivity index (χ0n) is 11.0. The molecule has 0 radical (unpaired) electrons. The minimum absolute atomic E-state index is 0.231. The fourth-order valence-corrected chi connectivity index (χ4v) is 1.97. The number of hydrogen-bond donors (Lipinski definition) is 2. The molecule has 0 aliphatic rings. The van der Waals surface area contributed by atoms with E-state index in [0.29, 0.717) is 6.54 Å². The Kier molecular flexibility index (Phi) is 5.76. The second-order valence-corrected chi connectivity index (χ2v) is 4.28. The fraction of sp³-hybridized carbons (Fsp3) is 0.467. The van der Waals surface area contributed by atoms with Crippen molar-refractivity contribution in [1.82, 2.24) is 5.32 Å². The van der Waals surface area contributed by atoms with Gasteiger partial charge < -0.3 is 11.1 Å². The molecule has 2 heteroatoms. The van der Waals surface area contributed by atoms with Crippen LogP contribution in [0.25, 0.3) is 0 Å². The van der Waals surface area contributed by atoms with E-state index in [1.165, 1.54) is 16.7 Å². The molecule has 0 aliphatic carbocycles. The van der Waals surface area contributed by atoms with Crippen molar-refractivity contribution in [2.75, 3.05) is 13.1 Å². The molecule has 1 atom stereocenters. The summed E-state index contributed by atoms with van der Waals surface area (Å²) < 4.78 is 0. The van der Waals surface area contributed by atoms with Gasteiger partial charge in [-0.3, -0.25) is 0 Å². The van der Waals surface area contributed by atoms with Crippen LogP contribution in [-0.4, -0.2) is 13.1 Å². The second kappa shape index (κ2) is 7.11. The van der Waals surface area contributed by atoms with Crippen LogP contribution >= 0.6 is 0 Å². The van der Waals surface area contributed by atoms with Gasteiger partial charge in [0.15, 0.2) is 0 Å². The molecule has 92 valence electrons. The Labute approximate surface area is 105 Å². The molecule has 0 aliphatic heterocycles. The molecule has 2 nitrogen and oxygen atoms in total. The van der Waals surface area contributed by atoms with Gasteiger partial charge in [0.25, 0.3) is 0 Å². The first-order chi connectivity index (χ1) is 8.19. The molecule has 0 fully saturated rings. The van der Waals surface area contributed by atoms with Crippen LogP contribution in [0.2, 0.25) is 0 Å². The van der Waals surface area contributed by atoms with Crippen LogP contribution in [0, 0.1) is 25.7 Å². The van der Waals surface area contributed by atoms with Crippen molar-refractivity contribution in [3.63, 3.8) is 0 Å².